The maximum absolute atomic E-state index is 12.3. The number of sulfonamides is 1. The van der Waals surface area contributed by atoms with Gasteiger partial charge in [0.2, 0.25) is 10.0 Å². The number of fused-ring (bicyclic) bond motifs is 1. The summed E-state index contributed by atoms with van der Waals surface area (Å²) in [5, 5.41) is 8.65. The van der Waals surface area contributed by atoms with Crippen molar-refractivity contribution in [1.82, 2.24) is 4.31 Å². The molecule has 1 aliphatic rings. The molecule has 0 fully saturated rings. The molecule has 19 heavy (non-hydrogen) atoms. The van der Waals surface area contributed by atoms with E-state index >= 15 is 0 Å². The lowest BCUT2D eigenvalue weighted by atomic mass is 9.96. The van der Waals surface area contributed by atoms with Gasteiger partial charge in [0.25, 0.3) is 0 Å². The summed E-state index contributed by atoms with van der Waals surface area (Å²) < 4.78 is 25.7. The SMILES string of the molecule is CC(C)S(=O)(=O)N1Cc2ccccc2CC1C(=O)O. The Bertz CT molecular complexity index is 594. The minimum Gasteiger partial charge on any atom is -0.480 e. The maximum Gasteiger partial charge on any atom is 0.322 e. The monoisotopic (exact) mass is 283 g/mol. The van der Waals surface area contributed by atoms with E-state index in [1.54, 1.807) is 13.8 Å². The van der Waals surface area contributed by atoms with Crippen molar-refractivity contribution in [3.05, 3.63) is 35.4 Å². The molecule has 0 radical (unpaired) electrons. The van der Waals surface area contributed by atoms with Crippen molar-refractivity contribution in [2.24, 2.45) is 0 Å². The Kier molecular flexibility index (Phi) is 3.64. The van der Waals surface area contributed by atoms with Crippen LogP contribution < -0.4 is 0 Å². The van der Waals surface area contributed by atoms with Crippen LogP contribution in [0.1, 0.15) is 25.0 Å². The van der Waals surface area contributed by atoms with Gasteiger partial charge in [-0.25, -0.2) is 8.42 Å². The second kappa shape index (κ2) is 4.94. The molecule has 1 N–H and O–H groups in total. The fourth-order valence-corrected chi connectivity index (χ4v) is 3.63. The molecule has 1 aliphatic heterocycles. The Hall–Kier alpha value is -1.40. The van der Waals surface area contributed by atoms with Crippen LogP contribution >= 0.6 is 0 Å². The van der Waals surface area contributed by atoms with Gasteiger partial charge in [0.1, 0.15) is 6.04 Å². The fourth-order valence-electron chi connectivity index (χ4n) is 2.25. The summed E-state index contributed by atoms with van der Waals surface area (Å²) in [6.45, 7) is 3.26. The second-order valence-corrected chi connectivity index (χ2v) is 7.41. The van der Waals surface area contributed by atoms with Gasteiger partial charge in [0, 0.05) is 13.0 Å². The van der Waals surface area contributed by atoms with Crippen molar-refractivity contribution in [2.45, 2.75) is 38.1 Å². The highest BCUT2D eigenvalue weighted by Crippen LogP contribution is 2.27. The van der Waals surface area contributed by atoms with Gasteiger partial charge in [0.15, 0.2) is 0 Å². The van der Waals surface area contributed by atoms with Gasteiger partial charge in [0.05, 0.1) is 5.25 Å². The maximum atomic E-state index is 12.3. The largest absolute Gasteiger partial charge is 0.480 e. The first kappa shape index (κ1) is 14.0. The van der Waals surface area contributed by atoms with E-state index in [9.17, 15) is 18.3 Å². The molecule has 0 saturated heterocycles. The number of benzene rings is 1. The Morgan fingerprint density at radius 2 is 1.89 bits per heavy atom. The van der Waals surface area contributed by atoms with Crippen LogP contribution in [0.4, 0.5) is 0 Å². The molecule has 1 aromatic rings. The lowest BCUT2D eigenvalue weighted by Crippen LogP contribution is -2.50. The first-order valence-corrected chi connectivity index (χ1v) is 7.64. The Morgan fingerprint density at radius 3 is 2.42 bits per heavy atom. The number of rotatable bonds is 3. The average Bonchev–Trinajstić information content (AvgIpc) is 2.36. The van der Waals surface area contributed by atoms with Gasteiger partial charge in [-0.15, -0.1) is 0 Å². The third-order valence-corrected chi connectivity index (χ3v) is 5.64. The topological polar surface area (TPSA) is 74.7 Å². The fraction of sp³-hybridized carbons (Fsp3) is 0.462. The molecular weight excluding hydrogens is 266 g/mol. The standard InChI is InChI=1S/C13H17NO4S/c1-9(2)19(17,18)14-8-11-6-4-3-5-10(11)7-12(14)13(15)16/h3-6,9,12H,7-8H2,1-2H3,(H,15,16). The highest BCUT2D eigenvalue weighted by molar-refractivity contribution is 7.89. The molecule has 6 heteroatoms. The zero-order valence-electron chi connectivity index (χ0n) is 10.9. The minimum absolute atomic E-state index is 0.133. The van der Waals surface area contributed by atoms with Crippen molar-refractivity contribution >= 4 is 16.0 Å². The molecule has 1 heterocycles. The highest BCUT2D eigenvalue weighted by atomic mass is 32.2. The normalized spacial score (nSPS) is 20.3. The Labute approximate surface area is 112 Å². The molecule has 0 amide bonds. The molecular formula is C13H17NO4S. The van der Waals surface area contributed by atoms with Crippen molar-refractivity contribution < 1.29 is 18.3 Å². The summed E-state index contributed by atoms with van der Waals surface area (Å²) in [7, 11) is -3.58. The smallest absolute Gasteiger partial charge is 0.322 e. The summed E-state index contributed by atoms with van der Waals surface area (Å²) in [6.07, 6.45) is 0.220. The number of hydrogen-bond donors (Lipinski definition) is 1. The van der Waals surface area contributed by atoms with Crippen molar-refractivity contribution in [2.75, 3.05) is 0 Å². The Morgan fingerprint density at radius 1 is 1.32 bits per heavy atom. The lowest BCUT2D eigenvalue weighted by Gasteiger charge is -2.34. The van der Waals surface area contributed by atoms with Gasteiger partial charge in [-0.05, 0) is 25.0 Å². The molecule has 0 spiro atoms. The van der Waals surface area contributed by atoms with E-state index < -0.39 is 27.3 Å². The van der Waals surface area contributed by atoms with E-state index in [1.807, 2.05) is 24.3 Å². The molecule has 0 saturated carbocycles. The predicted octanol–water partition coefficient (Wildman–Crippen LogP) is 1.24. The van der Waals surface area contributed by atoms with E-state index in [4.69, 9.17) is 0 Å². The lowest BCUT2D eigenvalue weighted by molar-refractivity contribution is -0.141. The molecule has 1 atom stereocenters. The van der Waals surface area contributed by atoms with Crippen LogP contribution in [0, 0.1) is 0 Å². The van der Waals surface area contributed by atoms with Gasteiger partial charge in [-0.1, -0.05) is 24.3 Å². The molecule has 0 aliphatic carbocycles. The number of nitrogens with zero attached hydrogens (tertiary/aromatic N) is 1. The molecule has 104 valence electrons. The molecule has 1 unspecified atom stereocenters. The van der Waals surface area contributed by atoms with Crippen LogP contribution in [-0.2, 0) is 27.8 Å². The minimum atomic E-state index is -3.58. The first-order chi connectivity index (χ1) is 8.84. The van der Waals surface area contributed by atoms with Crippen LogP contribution in [0.15, 0.2) is 24.3 Å². The van der Waals surface area contributed by atoms with Crippen molar-refractivity contribution in [3.63, 3.8) is 0 Å². The first-order valence-electron chi connectivity index (χ1n) is 6.14. The third kappa shape index (κ3) is 2.50. The number of aliphatic carboxylic acids is 1. The quantitative estimate of drug-likeness (QED) is 0.905. The zero-order chi connectivity index (χ0) is 14.2. The molecule has 0 aromatic heterocycles. The van der Waals surface area contributed by atoms with E-state index in [2.05, 4.69) is 0 Å². The third-order valence-electron chi connectivity index (χ3n) is 3.41. The predicted molar refractivity (Wildman–Crippen MR) is 71.2 cm³/mol. The van der Waals surface area contributed by atoms with Crippen LogP contribution in [-0.4, -0.2) is 35.1 Å². The molecule has 2 rings (SSSR count). The number of carboxylic acid groups (broad SMARTS) is 1. The summed E-state index contributed by atoms with van der Waals surface area (Å²) in [6, 6.07) is 6.35. The number of carboxylic acids is 1. The van der Waals surface area contributed by atoms with Crippen molar-refractivity contribution in [1.29, 1.82) is 0 Å². The second-order valence-electron chi connectivity index (χ2n) is 4.97. The Balaban J connectivity index is 2.46. The van der Waals surface area contributed by atoms with E-state index in [0.717, 1.165) is 15.4 Å². The highest BCUT2D eigenvalue weighted by Gasteiger charge is 2.39. The summed E-state index contributed by atoms with van der Waals surface area (Å²) in [4.78, 5) is 11.3. The van der Waals surface area contributed by atoms with Crippen LogP contribution in [0.3, 0.4) is 0 Å². The van der Waals surface area contributed by atoms with Crippen molar-refractivity contribution in [3.8, 4) is 0 Å². The van der Waals surface area contributed by atoms with Crippen LogP contribution in [0.2, 0.25) is 0 Å². The number of carbonyl (C=O) groups is 1. The van der Waals surface area contributed by atoms with Crippen LogP contribution in [0.5, 0.6) is 0 Å². The van der Waals surface area contributed by atoms with Gasteiger partial charge < -0.3 is 5.11 Å². The van der Waals surface area contributed by atoms with Gasteiger partial charge >= 0.3 is 5.97 Å². The number of hydrogen-bond acceptors (Lipinski definition) is 3. The van der Waals surface area contributed by atoms with E-state index in [1.165, 1.54) is 0 Å². The molecule has 5 nitrogen and oxygen atoms in total. The summed E-state index contributed by atoms with van der Waals surface area (Å²) in [5.41, 5.74) is 1.79. The van der Waals surface area contributed by atoms with E-state index in [0.29, 0.717) is 0 Å². The summed E-state index contributed by atoms with van der Waals surface area (Å²) >= 11 is 0. The van der Waals surface area contributed by atoms with Gasteiger partial charge in [-0.3, -0.25) is 4.79 Å². The zero-order valence-corrected chi connectivity index (χ0v) is 11.7. The summed E-state index contributed by atoms with van der Waals surface area (Å²) in [5.74, 6) is -1.10. The average molecular weight is 283 g/mol. The van der Waals surface area contributed by atoms with Gasteiger partial charge in [-0.2, -0.15) is 4.31 Å². The van der Waals surface area contributed by atoms with Crippen LogP contribution in [0.25, 0.3) is 0 Å². The van der Waals surface area contributed by atoms with E-state index in [-0.39, 0.29) is 13.0 Å². The molecule has 0 bridgehead atoms. The molecule has 1 aromatic carbocycles.